The molecule has 0 spiro atoms. The second-order valence-electron chi connectivity index (χ2n) is 8.24. The van der Waals surface area contributed by atoms with Crippen molar-refractivity contribution in [3.63, 3.8) is 0 Å². The van der Waals surface area contributed by atoms with Crippen LogP contribution >= 0.6 is 22.7 Å². The Morgan fingerprint density at radius 2 is 1.94 bits per heavy atom. The number of ether oxygens (including phenoxy) is 1. The molecule has 10 heteroatoms. The lowest BCUT2D eigenvalue weighted by Crippen LogP contribution is -2.24. The number of hydrogen-bond donors (Lipinski definition) is 3. The first-order valence-electron chi connectivity index (χ1n) is 11.3. The summed E-state index contributed by atoms with van der Waals surface area (Å²) in [7, 11) is 0. The SMILES string of the molecule is Nc1ccccc1NC(=O)c1ccc(Nc2ncc(-c3cnc4c(OC5CCC5)cccn34)s2)s1. The van der Waals surface area contributed by atoms with Gasteiger partial charge in [0.1, 0.15) is 0 Å². The molecule has 1 amide bonds. The number of carbonyl (C=O) groups is 1. The number of imidazole rings is 1. The van der Waals surface area contributed by atoms with Gasteiger partial charge in [0, 0.05) is 12.4 Å². The van der Waals surface area contributed by atoms with Crippen molar-refractivity contribution in [2.45, 2.75) is 25.4 Å². The maximum atomic E-state index is 12.6. The van der Waals surface area contributed by atoms with Gasteiger partial charge in [0.25, 0.3) is 5.91 Å². The van der Waals surface area contributed by atoms with Crippen molar-refractivity contribution in [3.05, 3.63) is 72.0 Å². The van der Waals surface area contributed by atoms with Crippen LogP contribution in [-0.4, -0.2) is 26.4 Å². The molecule has 5 aromatic rings. The number of rotatable bonds is 7. The first-order chi connectivity index (χ1) is 17.1. The summed E-state index contributed by atoms with van der Waals surface area (Å²) in [5.41, 5.74) is 8.82. The van der Waals surface area contributed by atoms with E-state index < -0.39 is 0 Å². The minimum absolute atomic E-state index is 0.202. The number of para-hydroxylation sites is 2. The van der Waals surface area contributed by atoms with Crippen LogP contribution in [0.3, 0.4) is 0 Å². The zero-order chi connectivity index (χ0) is 23.8. The fraction of sp³-hybridized carbons (Fsp3) is 0.160. The van der Waals surface area contributed by atoms with E-state index in [1.807, 2.05) is 53.3 Å². The zero-order valence-corrected chi connectivity index (χ0v) is 20.2. The summed E-state index contributed by atoms with van der Waals surface area (Å²) < 4.78 is 8.15. The number of nitrogen functional groups attached to an aromatic ring is 1. The zero-order valence-electron chi connectivity index (χ0n) is 18.6. The van der Waals surface area contributed by atoms with Gasteiger partial charge in [-0.2, -0.15) is 0 Å². The summed E-state index contributed by atoms with van der Waals surface area (Å²) in [6.45, 7) is 0. The normalized spacial score (nSPS) is 13.5. The third-order valence-corrected chi connectivity index (χ3v) is 7.81. The van der Waals surface area contributed by atoms with E-state index in [4.69, 9.17) is 10.5 Å². The molecule has 0 unspecified atom stereocenters. The van der Waals surface area contributed by atoms with E-state index in [1.54, 1.807) is 18.2 Å². The molecule has 4 N–H and O–H groups in total. The van der Waals surface area contributed by atoms with E-state index >= 15 is 0 Å². The Morgan fingerprint density at radius 1 is 1.06 bits per heavy atom. The van der Waals surface area contributed by atoms with Crippen molar-refractivity contribution in [3.8, 4) is 16.3 Å². The summed E-state index contributed by atoms with van der Waals surface area (Å²) in [6, 6.07) is 14.8. The van der Waals surface area contributed by atoms with Gasteiger partial charge in [0.15, 0.2) is 16.5 Å². The second kappa shape index (κ2) is 9.05. The number of nitrogens with one attached hydrogen (secondary N) is 2. The number of amides is 1. The number of carbonyl (C=O) groups excluding carboxylic acids is 1. The fourth-order valence-corrected chi connectivity index (χ4v) is 5.51. The molecule has 0 aliphatic heterocycles. The van der Waals surface area contributed by atoms with Crippen molar-refractivity contribution in [1.29, 1.82) is 0 Å². The lowest BCUT2D eigenvalue weighted by molar-refractivity contribution is 0.103. The number of aromatic nitrogens is 3. The van der Waals surface area contributed by atoms with Crippen LogP contribution in [-0.2, 0) is 0 Å². The second-order valence-corrected chi connectivity index (χ2v) is 10.4. The molecular formula is C25H22N6O2S2. The van der Waals surface area contributed by atoms with E-state index in [2.05, 4.69) is 20.6 Å². The molecule has 35 heavy (non-hydrogen) atoms. The van der Waals surface area contributed by atoms with Gasteiger partial charge < -0.3 is 21.1 Å². The number of hydrogen-bond acceptors (Lipinski definition) is 8. The fourth-order valence-electron chi connectivity index (χ4n) is 3.81. The third-order valence-electron chi connectivity index (χ3n) is 5.87. The third kappa shape index (κ3) is 4.33. The molecule has 1 aromatic carbocycles. The van der Waals surface area contributed by atoms with Crippen LogP contribution in [0.2, 0.25) is 0 Å². The Balaban J connectivity index is 1.17. The highest BCUT2D eigenvalue weighted by atomic mass is 32.1. The van der Waals surface area contributed by atoms with Gasteiger partial charge in [-0.05, 0) is 55.7 Å². The standard InChI is InChI=1S/C25H22N6O2S2/c26-16-7-1-2-8-17(16)29-24(32)20-10-11-22(34-20)30-25-28-14-21(35-25)18-13-27-23-19(9-4-12-31(18)23)33-15-5-3-6-15/h1-2,4,7-15H,3,5-6,26H2,(H,28,30)(H,29,32). The van der Waals surface area contributed by atoms with Crippen molar-refractivity contribution >= 4 is 55.7 Å². The Bertz CT molecular complexity index is 1520. The van der Waals surface area contributed by atoms with Crippen molar-refractivity contribution < 1.29 is 9.53 Å². The molecule has 1 fully saturated rings. The first kappa shape index (κ1) is 21.6. The Hall–Kier alpha value is -3.89. The van der Waals surface area contributed by atoms with Crippen molar-refractivity contribution in [1.82, 2.24) is 14.4 Å². The molecule has 1 aliphatic rings. The lowest BCUT2D eigenvalue weighted by Gasteiger charge is -2.26. The topological polar surface area (TPSA) is 107 Å². The van der Waals surface area contributed by atoms with Crippen LogP contribution in [0.15, 0.2) is 67.1 Å². The van der Waals surface area contributed by atoms with Crippen LogP contribution in [0.4, 0.5) is 21.5 Å². The molecule has 0 atom stereocenters. The van der Waals surface area contributed by atoms with Crippen LogP contribution in [0.25, 0.3) is 16.2 Å². The number of thiazole rings is 1. The van der Waals surface area contributed by atoms with Gasteiger partial charge in [-0.15, -0.1) is 11.3 Å². The number of benzene rings is 1. The highest BCUT2D eigenvalue weighted by Gasteiger charge is 2.21. The molecule has 0 bridgehead atoms. The molecule has 1 aliphatic carbocycles. The average Bonchev–Trinajstić information content (AvgIpc) is 3.58. The number of pyridine rings is 1. The number of nitrogens with zero attached hydrogens (tertiary/aromatic N) is 3. The summed E-state index contributed by atoms with van der Waals surface area (Å²) in [4.78, 5) is 23.3. The summed E-state index contributed by atoms with van der Waals surface area (Å²) in [5.74, 6) is 0.611. The number of anilines is 4. The number of nitrogens with two attached hydrogens (primary N) is 1. The molecule has 8 nitrogen and oxygen atoms in total. The quantitative estimate of drug-likeness (QED) is 0.235. The molecular weight excluding hydrogens is 480 g/mol. The van der Waals surface area contributed by atoms with E-state index in [1.165, 1.54) is 29.1 Å². The van der Waals surface area contributed by atoms with E-state index in [-0.39, 0.29) is 5.91 Å². The van der Waals surface area contributed by atoms with Gasteiger partial charge >= 0.3 is 0 Å². The minimum atomic E-state index is -0.202. The van der Waals surface area contributed by atoms with Crippen LogP contribution < -0.4 is 21.1 Å². The highest BCUT2D eigenvalue weighted by Crippen LogP contribution is 2.35. The van der Waals surface area contributed by atoms with Crippen LogP contribution in [0, 0.1) is 0 Å². The molecule has 0 radical (unpaired) electrons. The first-order valence-corrected chi connectivity index (χ1v) is 12.9. The Kier molecular flexibility index (Phi) is 5.59. The van der Waals surface area contributed by atoms with Gasteiger partial charge in [0.05, 0.1) is 44.1 Å². The Morgan fingerprint density at radius 3 is 2.77 bits per heavy atom. The van der Waals surface area contributed by atoms with Gasteiger partial charge in [-0.1, -0.05) is 23.5 Å². The Labute approximate surface area is 209 Å². The van der Waals surface area contributed by atoms with Gasteiger partial charge in [0.2, 0.25) is 0 Å². The number of fused-ring (bicyclic) bond motifs is 1. The molecule has 6 rings (SSSR count). The maximum absolute atomic E-state index is 12.6. The molecule has 4 heterocycles. The molecule has 4 aromatic heterocycles. The van der Waals surface area contributed by atoms with E-state index in [9.17, 15) is 4.79 Å². The molecule has 0 saturated heterocycles. The van der Waals surface area contributed by atoms with E-state index in [0.717, 1.165) is 44.9 Å². The summed E-state index contributed by atoms with van der Waals surface area (Å²) in [5, 5.41) is 7.72. The summed E-state index contributed by atoms with van der Waals surface area (Å²) >= 11 is 2.88. The minimum Gasteiger partial charge on any atom is -0.487 e. The van der Waals surface area contributed by atoms with Crippen molar-refractivity contribution in [2.24, 2.45) is 0 Å². The number of thiophene rings is 1. The predicted molar refractivity (Wildman–Crippen MR) is 141 cm³/mol. The highest BCUT2D eigenvalue weighted by molar-refractivity contribution is 7.20. The lowest BCUT2D eigenvalue weighted by atomic mass is 9.96. The van der Waals surface area contributed by atoms with Crippen LogP contribution in [0.1, 0.15) is 28.9 Å². The molecule has 1 saturated carbocycles. The largest absolute Gasteiger partial charge is 0.487 e. The van der Waals surface area contributed by atoms with Crippen LogP contribution in [0.5, 0.6) is 5.75 Å². The predicted octanol–water partition coefficient (Wildman–Crippen LogP) is 6.03. The monoisotopic (exact) mass is 502 g/mol. The molecule has 176 valence electrons. The maximum Gasteiger partial charge on any atom is 0.265 e. The smallest absolute Gasteiger partial charge is 0.265 e. The van der Waals surface area contributed by atoms with Gasteiger partial charge in [-0.25, -0.2) is 9.97 Å². The van der Waals surface area contributed by atoms with E-state index in [0.29, 0.717) is 22.4 Å². The summed E-state index contributed by atoms with van der Waals surface area (Å²) in [6.07, 6.45) is 9.39. The van der Waals surface area contributed by atoms with Crippen molar-refractivity contribution in [2.75, 3.05) is 16.4 Å². The average molecular weight is 503 g/mol. The van der Waals surface area contributed by atoms with Gasteiger partial charge in [-0.3, -0.25) is 9.20 Å².